The Hall–Kier alpha value is -3.58. The number of carbonyl (C=O) groups is 1. The molecule has 0 saturated heterocycles. The summed E-state index contributed by atoms with van der Waals surface area (Å²) in [7, 11) is 0. The molecule has 0 spiro atoms. The molecule has 5 rings (SSSR count). The van der Waals surface area contributed by atoms with Crippen LogP contribution in [-0.2, 0) is 17.9 Å². The number of nitrogens with zero attached hydrogens (tertiary/aromatic N) is 4. The Labute approximate surface area is 191 Å². The van der Waals surface area contributed by atoms with Gasteiger partial charge in [-0.1, -0.05) is 60.3 Å². The summed E-state index contributed by atoms with van der Waals surface area (Å²) in [5.41, 5.74) is 4.51. The predicted molar refractivity (Wildman–Crippen MR) is 126 cm³/mol. The van der Waals surface area contributed by atoms with Gasteiger partial charge in [-0.2, -0.15) is 5.10 Å². The molecule has 32 heavy (non-hydrogen) atoms. The van der Waals surface area contributed by atoms with Crippen molar-refractivity contribution < 1.29 is 4.79 Å². The number of nitrogens with one attached hydrogen (secondary N) is 1. The first-order valence-electron chi connectivity index (χ1n) is 10.6. The fourth-order valence-electron chi connectivity index (χ4n) is 3.86. The van der Waals surface area contributed by atoms with E-state index in [1.165, 1.54) is 16.1 Å². The molecule has 3 aromatic carbocycles. The van der Waals surface area contributed by atoms with Crippen LogP contribution in [0.25, 0.3) is 0 Å². The Kier molecular flexibility index (Phi) is 5.89. The zero-order valence-corrected chi connectivity index (χ0v) is 18.3. The highest BCUT2D eigenvalue weighted by Gasteiger charge is 2.23. The second-order valence-corrected chi connectivity index (χ2v) is 8.71. The van der Waals surface area contributed by atoms with Crippen LogP contribution < -0.4 is 10.2 Å². The monoisotopic (exact) mass is 441 g/mol. The minimum atomic E-state index is 0.0415. The highest BCUT2D eigenvalue weighted by molar-refractivity contribution is 7.99. The Morgan fingerprint density at radius 1 is 0.906 bits per heavy atom. The van der Waals surface area contributed by atoms with E-state index >= 15 is 0 Å². The number of rotatable bonds is 7. The van der Waals surface area contributed by atoms with Crippen LogP contribution in [-0.4, -0.2) is 27.2 Å². The molecule has 4 aromatic rings. The van der Waals surface area contributed by atoms with Crippen molar-refractivity contribution in [2.75, 3.05) is 11.4 Å². The van der Waals surface area contributed by atoms with Crippen molar-refractivity contribution in [1.29, 1.82) is 0 Å². The van der Waals surface area contributed by atoms with E-state index in [1.807, 2.05) is 24.3 Å². The van der Waals surface area contributed by atoms with Gasteiger partial charge in [0.2, 0.25) is 5.91 Å². The largest absolute Gasteiger partial charge is 0.352 e. The van der Waals surface area contributed by atoms with E-state index in [0.717, 1.165) is 22.5 Å². The Bertz CT molecular complexity index is 1180. The van der Waals surface area contributed by atoms with Crippen molar-refractivity contribution in [2.24, 2.45) is 0 Å². The Morgan fingerprint density at radius 3 is 2.34 bits per heavy atom. The molecule has 0 radical (unpaired) electrons. The molecule has 0 unspecified atom stereocenters. The summed E-state index contributed by atoms with van der Waals surface area (Å²) in [6.07, 6.45) is 3.65. The molecular weight excluding hydrogens is 418 g/mol. The average molecular weight is 442 g/mol. The first-order valence-corrected chi connectivity index (χ1v) is 11.4. The molecule has 0 saturated carbocycles. The van der Waals surface area contributed by atoms with E-state index in [9.17, 15) is 4.79 Å². The van der Waals surface area contributed by atoms with Gasteiger partial charge in [0.15, 0.2) is 0 Å². The number of hydrogen-bond donors (Lipinski definition) is 1. The minimum Gasteiger partial charge on any atom is -0.352 e. The molecule has 1 N–H and O–H groups in total. The van der Waals surface area contributed by atoms with E-state index in [0.29, 0.717) is 26.1 Å². The number of benzene rings is 3. The summed E-state index contributed by atoms with van der Waals surface area (Å²) in [5.74, 6) is 0.0415. The van der Waals surface area contributed by atoms with Gasteiger partial charge in [-0.05, 0) is 35.4 Å². The van der Waals surface area contributed by atoms with Gasteiger partial charge in [0, 0.05) is 29.3 Å². The molecule has 2 heterocycles. The summed E-state index contributed by atoms with van der Waals surface area (Å²) >= 11 is 1.78. The molecule has 0 fully saturated rings. The van der Waals surface area contributed by atoms with Crippen LogP contribution >= 0.6 is 11.8 Å². The minimum absolute atomic E-state index is 0.0415. The van der Waals surface area contributed by atoms with Gasteiger partial charge >= 0.3 is 0 Å². The zero-order chi connectivity index (χ0) is 21.8. The molecule has 1 aliphatic rings. The van der Waals surface area contributed by atoms with Gasteiger partial charge in [0.25, 0.3) is 0 Å². The summed E-state index contributed by atoms with van der Waals surface area (Å²) < 4.78 is 1.78. The van der Waals surface area contributed by atoms with Gasteiger partial charge < -0.3 is 10.2 Å². The first-order chi connectivity index (χ1) is 15.8. The lowest BCUT2D eigenvalue weighted by molar-refractivity contribution is -0.121. The number of hydrogen-bond acceptors (Lipinski definition) is 5. The van der Waals surface area contributed by atoms with Crippen LogP contribution in [0.15, 0.2) is 95.2 Å². The third-order valence-corrected chi connectivity index (χ3v) is 6.52. The number of amides is 1. The molecule has 0 aliphatic carbocycles. The lowest BCUT2D eigenvalue weighted by atomic mass is 10.1. The smallest absolute Gasteiger partial charge is 0.222 e. The molecule has 0 atom stereocenters. The van der Waals surface area contributed by atoms with Crippen LogP contribution in [0, 0.1) is 0 Å². The van der Waals surface area contributed by atoms with Crippen LogP contribution in [0.4, 0.5) is 11.4 Å². The SMILES string of the molecule is O=C(CCN1c2ccccc2Sc2ccccc21)NCc1cccc(Cn2cncn2)c1. The second-order valence-electron chi connectivity index (χ2n) is 7.63. The highest BCUT2D eigenvalue weighted by atomic mass is 32.2. The second kappa shape index (κ2) is 9.28. The number of para-hydroxylation sites is 2. The number of carbonyl (C=O) groups excluding carboxylic acids is 1. The van der Waals surface area contributed by atoms with Crippen LogP contribution in [0.2, 0.25) is 0 Å². The summed E-state index contributed by atoms with van der Waals surface area (Å²) in [6, 6.07) is 24.9. The zero-order valence-electron chi connectivity index (χ0n) is 17.5. The fourth-order valence-corrected chi connectivity index (χ4v) is 4.96. The lowest BCUT2D eigenvalue weighted by Crippen LogP contribution is -2.29. The van der Waals surface area contributed by atoms with E-state index in [-0.39, 0.29) is 5.91 Å². The molecular formula is C25H23N5OS. The van der Waals surface area contributed by atoms with Crippen molar-refractivity contribution in [3.8, 4) is 0 Å². The van der Waals surface area contributed by atoms with Crippen molar-refractivity contribution in [2.45, 2.75) is 29.3 Å². The fraction of sp³-hybridized carbons (Fsp3) is 0.160. The molecule has 7 heteroatoms. The molecule has 160 valence electrons. The molecule has 6 nitrogen and oxygen atoms in total. The highest BCUT2D eigenvalue weighted by Crippen LogP contribution is 2.47. The quantitative estimate of drug-likeness (QED) is 0.453. The van der Waals surface area contributed by atoms with E-state index in [1.54, 1.807) is 22.8 Å². The maximum Gasteiger partial charge on any atom is 0.222 e. The van der Waals surface area contributed by atoms with E-state index in [4.69, 9.17) is 0 Å². The number of anilines is 2. The van der Waals surface area contributed by atoms with Crippen LogP contribution in [0.1, 0.15) is 17.5 Å². The normalized spacial score (nSPS) is 12.2. The standard InChI is InChI=1S/C25H23N5OS/c31-25(27-15-19-6-5-7-20(14-19)16-29-18-26-17-28-29)12-13-30-21-8-1-3-10-23(21)32-24-11-4-2-9-22(24)30/h1-11,14,17-18H,12-13,15-16H2,(H,27,31). The summed E-state index contributed by atoms with van der Waals surface area (Å²) in [5, 5.41) is 7.21. The third-order valence-electron chi connectivity index (χ3n) is 5.39. The first kappa shape index (κ1) is 20.3. The number of fused-ring (bicyclic) bond motifs is 2. The summed E-state index contributed by atoms with van der Waals surface area (Å²) in [4.78, 5) is 21.3. The topological polar surface area (TPSA) is 63.1 Å². The summed E-state index contributed by atoms with van der Waals surface area (Å²) in [6.45, 7) is 1.80. The van der Waals surface area contributed by atoms with Gasteiger partial charge in [-0.25, -0.2) is 9.67 Å². The predicted octanol–water partition coefficient (Wildman–Crippen LogP) is 4.64. The Morgan fingerprint density at radius 2 is 1.62 bits per heavy atom. The van der Waals surface area contributed by atoms with Crippen molar-refractivity contribution in [3.63, 3.8) is 0 Å². The molecule has 1 aromatic heterocycles. The van der Waals surface area contributed by atoms with Gasteiger partial charge in [0.05, 0.1) is 17.9 Å². The van der Waals surface area contributed by atoms with Crippen molar-refractivity contribution >= 4 is 29.0 Å². The van der Waals surface area contributed by atoms with Crippen LogP contribution in [0.5, 0.6) is 0 Å². The third kappa shape index (κ3) is 4.53. The van der Waals surface area contributed by atoms with Gasteiger partial charge in [0.1, 0.15) is 12.7 Å². The maximum absolute atomic E-state index is 12.7. The van der Waals surface area contributed by atoms with Crippen LogP contribution in [0.3, 0.4) is 0 Å². The van der Waals surface area contributed by atoms with Gasteiger partial charge in [-0.15, -0.1) is 0 Å². The average Bonchev–Trinajstić information content (AvgIpc) is 3.33. The molecule has 1 aliphatic heterocycles. The van der Waals surface area contributed by atoms with Crippen molar-refractivity contribution in [3.05, 3.63) is 96.6 Å². The lowest BCUT2D eigenvalue weighted by Gasteiger charge is -2.32. The van der Waals surface area contributed by atoms with Gasteiger partial charge in [-0.3, -0.25) is 4.79 Å². The molecule has 0 bridgehead atoms. The molecule has 1 amide bonds. The number of aromatic nitrogens is 3. The van der Waals surface area contributed by atoms with Crippen molar-refractivity contribution in [1.82, 2.24) is 20.1 Å². The maximum atomic E-state index is 12.7. The van der Waals surface area contributed by atoms with E-state index in [2.05, 4.69) is 68.8 Å². The van der Waals surface area contributed by atoms with E-state index < -0.39 is 0 Å². The Balaban J connectivity index is 1.21.